The molecule has 1 aliphatic rings. The van der Waals surface area contributed by atoms with Gasteiger partial charge in [0, 0.05) is 11.1 Å². The maximum atomic E-state index is 5.77. The summed E-state index contributed by atoms with van der Waals surface area (Å²) in [4.78, 5) is 0. The second-order valence-corrected chi connectivity index (χ2v) is 3.69. The summed E-state index contributed by atoms with van der Waals surface area (Å²) in [7, 11) is 0. The SMILES string of the molecule is NC1[CH]C(c2ccc(Cl)cc2)C1. The normalized spacial score (nSPS) is 28.2. The van der Waals surface area contributed by atoms with Gasteiger partial charge >= 0.3 is 0 Å². The van der Waals surface area contributed by atoms with Gasteiger partial charge in [-0.2, -0.15) is 0 Å². The lowest BCUT2D eigenvalue weighted by molar-refractivity contribution is 0.474. The molecule has 2 atom stereocenters. The molecule has 2 unspecified atom stereocenters. The lowest BCUT2D eigenvalue weighted by Crippen LogP contribution is -2.35. The van der Waals surface area contributed by atoms with E-state index in [2.05, 4.69) is 18.6 Å². The van der Waals surface area contributed by atoms with Gasteiger partial charge < -0.3 is 5.73 Å². The van der Waals surface area contributed by atoms with Crippen molar-refractivity contribution in [2.24, 2.45) is 5.73 Å². The monoisotopic (exact) mass is 180 g/mol. The summed E-state index contributed by atoms with van der Waals surface area (Å²) in [5.41, 5.74) is 6.97. The molecule has 0 aromatic heterocycles. The van der Waals surface area contributed by atoms with Gasteiger partial charge in [0.1, 0.15) is 0 Å². The second-order valence-electron chi connectivity index (χ2n) is 3.25. The Morgan fingerprint density at radius 1 is 1.25 bits per heavy atom. The molecule has 0 saturated heterocycles. The van der Waals surface area contributed by atoms with Gasteiger partial charge in [-0.25, -0.2) is 0 Å². The molecular formula is C10H11ClN. The van der Waals surface area contributed by atoms with Crippen molar-refractivity contribution in [2.75, 3.05) is 0 Å². The maximum Gasteiger partial charge on any atom is 0.0406 e. The van der Waals surface area contributed by atoms with Crippen molar-refractivity contribution in [3.05, 3.63) is 41.3 Å². The molecule has 2 heteroatoms. The molecule has 1 aromatic carbocycles. The number of nitrogens with two attached hydrogens (primary N) is 1. The van der Waals surface area contributed by atoms with Crippen molar-refractivity contribution < 1.29 is 0 Å². The Morgan fingerprint density at radius 3 is 2.33 bits per heavy atom. The van der Waals surface area contributed by atoms with Crippen LogP contribution >= 0.6 is 11.6 Å². The first kappa shape index (κ1) is 8.09. The fraction of sp³-hybridized carbons (Fsp3) is 0.300. The van der Waals surface area contributed by atoms with Crippen LogP contribution in [0.15, 0.2) is 24.3 Å². The van der Waals surface area contributed by atoms with E-state index in [0.29, 0.717) is 12.0 Å². The number of hydrogen-bond donors (Lipinski definition) is 1. The first-order chi connectivity index (χ1) is 5.75. The zero-order valence-corrected chi connectivity index (χ0v) is 7.46. The van der Waals surface area contributed by atoms with E-state index in [1.165, 1.54) is 5.56 Å². The third-order valence-corrected chi connectivity index (χ3v) is 2.56. The van der Waals surface area contributed by atoms with Gasteiger partial charge in [-0.05, 0) is 36.5 Å². The molecule has 0 amide bonds. The third kappa shape index (κ3) is 1.47. The fourth-order valence-corrected chi connectivity index (χ4v) is 1.64. The van der Waals surface area contributed by atoms with Gasteiger partial charge in [0.15, 0.2) is 0 Å². The molecule has 0 spiro atoms. The fourth-order valence-electron chi connectivity index (χ4n) is 1.51. The summed E-state index contributed by atoms with van der Waals surface area (Å²) in [6.45, 7) is 0. The summed E-state index contributed by atoms with van der Waals surface area (Å²) in [5.74, 6) is 0.553. The Morgan fingerprint density at radius 2 is 1.83 bits per heavy atom. The average Bonchev–Trinajstić information content (AvgIpc) is 2.01. The van der Waals surface area contributed by atoms with Crippen molar-refractivity contribution in [3.8, 4) is 0 Å². The van der Waals surface area contributed by atoms with Crippen LogP contribution in [0.2, 0.25) is 5.02 Å². The zero-order chi connectivity index (χ0) is 8.55. The summed E-state index contributed by atoms with van der Waals surface area (Å²) in [5, 5.41) is 0.794. The van der Waals surface area contributed by atoms with Gasteiger partial charge in [-0.1, -0.05) is 23.7 Å². The lowest BCUT2D eigenvalue weighted by Gasteiger charge is -2.32. The number of halogens is 1. The predicted octanol–water partition coefficient (Wildman–Crippen LogP) is 2.36. The molecule has 2 rings (SSSR count). The Bertz CT molecular complexity index is 262. The highest BCUT2D eigenvalue weighted by Crippen LogP contribution is 2.34. The van der Waals surface area contributed by atoms with E-state index in [0.717, 1.165) is 11.4 Å². The minimum Gasteiger partial charge on any atom is -0.327 e. The standard InChI is InChI=1S/C10H11ClN/c11-9-3-1-7(2-4-9)8-5-10(12)6-8/h1-5,8,10H,6,12H2. The maximum absolute atomic E-state index is 5.77. The van der Waals surface area contributed by atoms with E-state index < -0.39 is 0 Å². The van der Waals surface area contributed by atoms with Gasteiger partial charge in [0.2, 0.25) is 0 Å². The van der Waals surface area contributed by atoms with Crippen LogP contribution in [0, 0.1) is 6.42 Å². The van der Waals surface area contributed by atoms with Crippen LogP contribution in [0.1, 0.15) is 17.9 Å². The molecule has 1 nitrogen and oxygen atoms in total. The summed E-state index contributed by atoms with van der Waals surface area (Å²) in [6, 6.07) is 8.28. The van der Waals surface area contributed by atoms with E-state index in [1.54, 1.807) is 0 Å². The summed E-state index contributed by atoms with van der Waals surface area (Å²) in [6.07, 6.45) is 3.24. The topological polar surface area (TPSA) is 26.0 Å². The number of hydrogen-bond acceptors (Lipinski definition) is 1. The van der Waals surface area contributed by atoms with Crippen molar-refractivity contribution >= 4 is 11.6 Å². The summed E-state index contributed by atoms with van der Waals surface area (Å²) >= 11 is 5.77. The first-order valence-corrected chi connectivity index (χ1v) is 4.49. The van der Waals surface area contributed by atoms with E-state index in [4.69, 9.17) is 17.3 Å². The van der Waals surface area contributed by atoms with Crippen LogP contribution in [0.5, 0.6) is 0 Å². The van der Waals surface area contributed by atoms with Crippen molar-refractivity contribution in [2.45, 2.75) is 18.4 Å². The minimum atomic E-state index is 0.297. The van der Waals surface area contributed by atoms with E-state index in [-0.39, 0.29) is 0 Å². The Balaban J connectivity index is 2.09. The Kier molecular flexibility index (Phi) is 2.07. The first-order valence-electron chi connectivity index (χ1n) is 4.12. The van der Waals surface area contributed by atoms with Gasteiger partial charge in [-0.15, -0.1) is 0 Å². The van der Waals surface area contributed by atoms with Crippen molar-refractivity contribution in [3.63, 3.8) is 0 Å². The number of rotatable bonds is 1. The smallest absolute Gasteiger partial charge is 0.0406 e. The molecule has 0 bridgehead atoms. The molecule has 1 aliphatic carbocycles. The molecule has 12 heavy (non-hydrogen) atoms. The summed E-state index contributed by atoms with van der Waals surface area (Å²) < 4.78 is 0. The molecule has 1 fully saturated rings. The molecular weight excluding hydrogens is 170 g/mol. The number of benzene rings is 1. The molecule has 0 aliphatic heterocycles. The third-order valence-electron chi connectivity index (χ3n) is 2.30. The predicted molar refractivity (Wildman–Crippen MR) is 51.1 cm³/mol. The second kappa shape index (κ2) is 3.08. The van der Waals surface area contributed by atoms with Gasteiger partial charge in [0.25, 0.3) is 0 Å². The van der Waals surface area contributed by atoms with Crippen LogP contribution in [-0.2, 0) is 0 Å². The van der Waals surface area contributed by atoms with Crippen LogP contribution in [0.3, 0.4) is 0 Å². The molecule has 1 radical (unpaired) electrons. The largest absolute Gasteiger partial charge is 0.327 e. The highest BCUT2D eigenvalue weighted by molar-refractivity contribution is 6.30. The highest BCUT2D eigenvalue weighted by Gasteiger charge is 2.27. The Labute approximate surface area is 77.5 Å². The average molecular weight is 181 g/mol. The molecule has 0 heterocycles. The van der Waals surface area contributed by atoms with E-state index >= 15 is 0 Å². The van der Waals surface area contributed by atoms with E-state index in [1.807, 2.05) is 12.1 Å². The van der Waals surface area contributed by atoms with Crippen LogP contribution in [-0.4, -0.2) is 6.04 Å². The molecule has 63 valence electrons. The Hall–Kier alpha value is -0.530. The van der Waals surface area contributed by atoms with Crippen molar-refractivity contribution in [1.29, 1.82) is 0 Å². The van der Waals surface area contributed by atoms with Crippen LogP contribution < -0.4 is 5.73 Å². The molecule has 1 aromatic rings. The highest BCUT2D eigenvalue weighted by atomic mass is 35.5. The quantitative estimate of drug-likeness (QED) is 0.706. The van der Waals surface area contributed by atoms with Crippen LogP contribution in [0.25, 0.3) is 0 Å². The minimum absolute atomic E-state index is 0.297. The lowest BCUT2D eigenvalue weighted by atomic mass is 9.76. The van der Waals surface area contributed by atoms with Crippen molar-refractivity contribution in [1.82, 2.24) is 0 Å². The van der Waals surface area contributed by atoms with Gasteiger partial charge in [0.05, 0.1) is 0 Å². The van der Waals surface area contributed by atoms with Crippen LogP contribution in [0.4, 0.5) is 0 Å². The zero-order valence-electron chi connectivity index (χ0n) is 6.70. The van der Waals surface area contributed by atoms with Gasteiger partial charge in [-0.3, -0.25) is 0 Å². The molecule has 2 N–H and O–H groups in total. The molecule has 1 saturated carbocycles. The van der Waals surface area contributed by atoms with E-state index in [9.17, 15) is 0 Å².